The number of fused-ring (bicyclic) bond motifs is 1. The minimum absolute atomic E-state index is 0.635. The van der Waals surface area contributed by atoms with E-state index in [1.807, 2.05) is 0 Å². The standard InChI is InChI=1S/C16H23NO/c1-2-17-15(9-12-7-8-12)14-10-13-5-3-4-6-16(13)18-11-14/h3-6,12,14-15,17H,2,7-11H2,1H3. The maximum absolute atomic E-state index is 5.93. The molecule has 1 aliphatic carbocycles. The Kier molecular flexibility index (Phi) is 3.55. The third kappa shape index (κ3) is 2.69. The molecule has 0 saturated heterocycles. The summed E-state index contributed by atoms with van der Waals surface area (Å²) >= 11 is 0. The Morgan fingerprint density at radius 1 is 1.33 bits per heavy atom. The van der Waals surface area contributed by atoms with E-state index < -0.39 is 0 Å². The fourth-order valence-corrected chi connectivity index (χ4v) is 3.03. The van der Waals surface area contributed by atoms with Gasteiger partial charge in [-0.15, -0.1) is 0 Å². The fraction of sp³-hybridized carbons (Fsp3) is 0.625. The third-order valence-corrected chi connectivity index (χ3v) is 4.23. The lowest BCUT2D eigenvalue weighted by molar-refractivity contribution is 0.177. The summed E-state index contributed by atoms with van der Waals surface area (Å²) in [6, 6.07) is 9.12. The van der Waals surface area contributed by atoms with Crippen molar-refractivity contribution < 1.29 is 4.74 Å². The first-order valence-corrected chi connectivity index (χ1v) is 7.31. The molecule has 0 bridgehead atoms. The zero-order valence-corrected chi connectivity index (χ0v) is 11.2. The molecule has 1 aliphatic heterocycles. The first kappa shape index (κ1) is 12.0. The van der Waals surface area contributed by atoms with Gasteiger partial charge in [-0.25, -0.2) is 0 Å². The molecule has 2 unspecified atom stereocenters. The van der Waals surface area contributed by atoms with E-state index in [4.69, 9.17) is 4.74 Å². The summed E-state index contributed by atoms with van der Waals surface area (Å²) in [6.45, 7) is 4.15. The Morgan fingerprint density at radius 2 is 2.17 bits per heavy atom. The molecule has 98 valence electrons. The number of para-hydroxylation sites is 1. The number of hydrogen-bond donors (Lipinski definition) is 1. The molecular formula is C16H23NO. The molecule has 1 aromatic rings. The van der Waals surface area contributed by atoms with Gasteiger partial charge in [-0.1, -0.05) is 38.0 Å². The second kappa shape index (κ2) is 5.31. The van der Waals surface area contributed by atoms with Crippen molar-refractivity contribution >= 4 is 0 Å². The molecule has 2 heteroatoms. The Hall–Kier alpha value is -1.02. The van der Waals surface area contributed by atoms with E-state index >= 15 is 0 Å². The molecule has 2 nitrogen and oxygen atoms in total. The minimum Gasteiger partial charge on any atom is -0.493 e. The number of nitrogens with one attached hydrogen (secondary N) is 1. The highest BCUT2D eigenvalue weighted by Crippen LogP contribution is 2.37. The zero-order valence-electron chi connectivity index (χ0n) is 11.2. The Labute approximate surface area is 110 Å². The van der Waals surface area contributed by atoms with Gasteiger partial charge in [0.1, 0.15) is 5.75 Å². The van der Waals surface area contributed by atoms with Crippen LogP contribution in [0.3, 0.4) is 0 Å². The summed E-state index contributed by atoms with van der Waals surface area (Å²) in [6.07, 6.45) is 5.38. The van der Waals surface area contributed by atoms with Gasteiger partial charge in [0.05, 0.1) is 6.61 Å². The van der Waals surface area contributed by atoms with Gasteiger partial charge in [-0.2, -0.15) is 0 Å². The molecule has 1 saturated carbocycles. The minimum atomic E-state index is 0.635. The molecule has 0 spiro atoms. The van der Waals surface area contributed by atoms with Crippen molar-refractivity contribution in [3.05, 3.63) is 29.8 Å². The second-order valence-corrected chi connectivity index (χ2v) is 5.73. The monoisotopic (exact) mass is 245 g/mol. The van der Waals surface area contributed by atoms with E-state index in [0.29, 0.717) is 12.0 Å². The van der Waals surface area contributed by atoms with Crippen molar-refractivity contribution in [1.82, 2.24) is 5.32 Å². The van der Waals surface area contributed by atoms with Crippen LogP contribution < -0.4 is 10.1 Å². The zero-order chi connectivity index (χ0) is 12.4. The van der Waals surface area contributed by atoms with Gasteiger partial charge in [0.2, 0.25) is 0 Å². The Balaban J connectivity index is 1.68. The lowest BCUT2D eigenvalue weighted by atomic mass is 9.87. The van der Waals surface area contributed by atoms with E-state index in [1.165, 1.54) is 31.2 Å². The SMILES string of the molecule is CCNC(CC1CC1)C1COc2ccccc2C1. The molecule has 1 aromatic carbocycles. The van der Waals surface area contributed by atoms with Crippen LogP contribution in [0.4, 0.5) is 0 Å². The van der Waals surface area contributed by atoms with Crippen LogP contribution in [0, 0.1) is 11.8 Å². The van der Waals surface area contributed by atoms with Gasteiger partial charge in [0.15, 0.2) is 0 Å². The van der Waals surface area contributed by atoms with E-state index in [2.05, 4.69) is 36.5 Å². The van der Waals surface area contributed by atoms with E-state index in [9.17, 15) is 0 Å². The highest BCUT2D eigenvalue weighted by molar-refractivity contribution is 5.35. The van der Waals surface area contributed by atoms with Crippen molar-refractivity contribution in [2.75, 3.05) is 13.2 Å². The van der Waals surface area contributed by atoms with Crippen LogP contribution in [0.1, 0.15) is 31.7 Å². The summed E-state index contributed by atoms with van der Waals surface area (Å²) in [4.78, 5) is 0. The topological polar surface area (TPSA) is 21.3 Å². The molecule has 0 radical (unpaired) electrons. The number of ether oxygens (including phenoxy) is 1. The van der Waals surface area contributed by atoms with Crippen molar-refractivity contribution in [3.63, 3.8) is 0 Å². The summed E-state index contributed by atoms with van der Waals surface area (Å²) in [5.74, 6) is 2.71. The summed E-state index contributed by atoms with van der Waals surface area (Å²) < 4.78 is 5.93. The largest absolute Gasteiger partial charge is 0.493 e. The molecule has 2 atom stereocenters. The van der Waals surface area contributed by atoms with Gasteiger partial charge in [-0.3, -0.25) is 0 Å². The first-order valence-electron chi connectivity index (χ1n) is 7.31. The lowest BCUT2D eigenvalue weighted by Crippen LogP contribution is -2.42. The normalized spacial score (nSPS) is 24.2. The first-order chi connectivity index (χ1) is 8.86. The summed E-state index contributed by atoms with van der Waals surface area (Å²) in [5.41, 5.74) is 1.38. The van der Waals surface area contributed by atoms with Crippen LogP contribution in [-0.4, -0.2) is 19.2 Å². The number of rotatable bonds is 5. The highest BCUT2D eigenvalue weighted by atomic mass is 16.5. The molecule has 0 aromatic heterocycles. The Morgan fingerprint density at radius 3 is 2.94 bits per heavy atom. The predicted molar refractivity (Wildman–Crippen MR) is 73.9 cm³/mol. The van der Waals surface area contributed by atoms with Gasteiger partial charge in [0, 0.05) is 12.0 Å². The predicted octanol–water partition coefficient (Wildman–Crippen LogP) is 3.02. The van der Waals surface area contributed by atoms with Crippen molar-refractivity contribution in [2.24, 2.45) is 11.8 Å². The molecule has 3 rings (SSSR count). The smallest absolute Gasteiger partial charge is 0.122 e. The lowest BCUT2D eigenvalue weighted by Gasteiger charge is -2.32. The van der Waals surface area contributed by atoms with Gasteiger partial charge >= 0.3 is 0 Å². The van der Waals surface area contributed by atoms with Gasteiger partial charge < -0.3 is 10.1 Å². The van der Waals surface area contributed by atoms with E-state index in [1.54, 1.807) is 0 Å². The molecule has 0 amide bonds. The van der Waals surface area contributed by atoms with E-state index in [0.717, 1.165) is 24.8 Å². The fourth-order valence-electron chi connectivity index (χ4n) is 3.03. The van der Waals surface area contributed by atoms with Crippen molar-refractivity contribution in [3.8, 4) is 5.75 Å². The van der Waals surface area contributed by atoms with Crippen molar-refractivity contribution in [2.45, 2.75) is 38.6 Å². The molecule has 18 heavy (non-hydrogen) atoms. The average molecular weight is 245 g/mol. The van der Waals surface area contributed by atoms with E-state index in [-0.39, 0.29) is 0 Å². The van der Waals surface area contributed by atoms with Crippen LogP contribution in [0.2, 0.25) is 0 Å². The van der Waals surface area contributed by atoms with Gasteiger partial charge in [-0.05, 0) is 36.9 Å². The van der Waals surface area contributed by atoms with Crippen LogP contribution in [0.5, 0.6) is 5.75 Å². The highest BCUT2D eigenvalue weighted by Gasteiger charge is 2.32. The van der Waals surface area contributed by atoms with Gasteiger partial charge in [0.25, 0.3) is 0 Å². The van der Waals surface area contributed by atoms with Crippen molar-refractivity contribution in [1.29, 1.82) is 0 Å². The third-order valence-electron chi connectivity index (χ3n) is 4.23. The quantitative estimate of drug-likeness (QED) is 0.861. The summed E-state index contributed by atoms with van der Waals surface area (Å²) in [5, 5.41) is 3.67. The molecule has 1 N–H and O–H groups in total. The Bertz CT molecular complexity index is 400. The second-order valence-electron chi connectivity index (χ2n) is 5.73. The maximum Gasteiger partial charge on any atom is 0.122 e. The van der Waals surface area contributed by atoms with Crippen LogP contribution in [-0.2, 0) is 6.42 Å². The van der Waals surface area contributed by atoms with Crippen LogP contribution >= 0.6 is 0 Å². The summed E-state index contributed by atoms with van der Waals surface area (Å²) in [7, 11) is 0. The van der Waals surface area contributed by atoms with Crippen LogP contribution in [0.15, 0.2) is 24.3 Å². The van der Waals surface area contributed by atoms with Crippen LogP contribution in [0.25, 0.3) is 0 Å². The number of benzene rings is 1. The molecule has 2 aliphatic rings. The molecule has 1 heterocycles. The number of hydrogen-bond acceptors (Lipinski definition) is 2. The average Bonchev–Trinajstić information content (AvgIpc) is 3.22. The molecule has 1 fully saturated rings. The molecular weight excluding hydrogens is 222 g/mol. The maximum atomic E-state index is 5.93.